The van der Waals surface area contributed by atoms with Crippen molar-refractivity contribution in [2.24, 2.45) is 5.73 Å². The topological polar surface area (TPSA) is 29.3 Å². The van der Waals surface area contributed by atoms with Gasteiger partial charge in [0.2, 0.25) is 0 Å². The van der Waals surface area contributed by atoms with Crippen LogP contribution in [0.3, 0.4) is 0 Å². The largest absolute Gasteiger partial charge is 0.378 e. The van der Waals surface area contributed by atoms with Crippen LogP contribution in [0.2, 0.25) is 5.02 Å². The summed E-state index contributed by atoms with van der Waals surface area (Å²) in [6, 6.07) is 4.80. The van der Waals surface area contributed by atoms with E-state index in [2.05, 4.69) is 0 Å². The van der Waals surface area contributed by atoms with Gasteiger partial charge in [0.1, 0.15) is 6.67 Å². The minimum atomic E-state index is -0.626. The second kappa shape index (κ2) is 6.16. The molecule has 86 valence electrons. The van der Waals surface area contributed by atoms with Gasteiger partial charge in [-0.15, -0.1) is 12.4 Å². The van der Waals surface area contributed by atoms with Crippen LogP contribution in [0, 0.1) is 0 Å². The number of hydrogen-bond acceptors (Lipinski definition) is 2. The van der Waals surface area contributed by atoms with E-state index in [1.165, 1.54) is 0 Å². The Kier molecular flexibility index (Phi) is 5.95. The fourth-order valence-corrected chi connectivity index (χ4v) is 1.49. The smallest absolute Gasteiger partial charge is 0.109 e. The van der Waals surface area contributed by atoms with Crippen LogP contribution >= 0.6 is 24.0 Å². The SMILES string of the molecule is CN(C)c1ccc([C@H](N)CF)c(Cl)c1.Cl. The van der Waals surface area contributed by atoms with Gasteiger partial charge < -0.3 is 10.6 Å². The van der Waals surface area contributed by atoms with Crippen molar-refractivity contribution in [2.45, 2.75) is 6.04 Å². The van der Waals surface area contributed by atoms with E-state index in [0.717, 1.165) is 5.69 Å². The quantitative estimate of drug-likeness (QED) is 0.897. The van der Waals surface area contributed by atoms with Gasteiger partial charge in [-0.1, -0.05) is 17.7 Å². The van der Waals surface area contributed by atoms with Gasteiger partial charge in [-0.3, -0.25) is 0 Å². The van der Waals surface area contributed by atoms with Gasteiger partial charge in [-0.05, 0) is 17.7 Å². The lowest BCUT2D eigenvalue weighted by Gasteiger charge is -2.16. The second-order valence-electron chi connectivity index (χ2n) is 3.36. The van der Waals surface area contributed by atoms with Crippen molar-refractivity contribution in [3.05, 3.63) is 28.8 Å². The van der Waals surface area contributed by atoms with Crippen molar-refractivity contribution < 1.29 is 4.39 Å². The van der Waals surface area contributed by atoms with Crippen LogP contribution in [-0.2, 0) is 0 Å². The van der Waals surface area contributed by atoms with E-state index in [1.54, 1.807) is 12.1 Å². The molecule has 1 aromatic rings. The third kappa shape index (κ3) is 3.52. The summed E-state index contributed by atoms with van der Waals surface area (Å²) in [6.45, 7) is -0.596. The number of anilines is 1. The summed E-state index contributed by atoms with van der Waals surface area (Å²) < 4.78 is 12.3. The molecule has 1 rings (SSSR count). The molecular formula is C10H15Cl2FN2. The first-order valence-electron chi connectivity index (χ1n) is 4.34. The van der Waals surface area contributed by atoms with Crippen LogP contribution in [0.1, 0.15) is 11.6 Å². The van der Waals surface area contributed by atoms with Crippen LogP contribution < -0.4 is 10.6 Å². The predicted molar refractivity (Wildman–Crippen MR) is 65.9 cm³/mol. The summed E-state index contributed by atoms with van der Waals surface area (Å²) in [5, 5.41) is 0.515. The van der Waals surface area contributed by atoms with Gasteiger partial charge in [-0.2, -0.15) is 0 Å². The summed E-state index contributed by atoms with van der Waals surface area (Å²) in [6.07, 6.45) is 0. The number of nitrogens with zero attached hydrogens (tertiary/aromatic N) is 1. The summed E-state index contributed by atoms with van der Waals surface area (Å²) >= 11 is 5.97. The average molecular weight is 253 g/mol. The van der Waals surface area contributed by atoms with E-state index < -0.39 is 12.7 Å². The second-order valence-corrected chi connectivity index (χ2v) is 3.77. The number of alkyl halides is 1. The molecule has 0 fully saturated rings. The van der Waals surface area contributed by atoms with Crippen molar-refractivity contribution in [3.63, 3.8) is 0 Å². The Labute approximate surface area is 101 Å². The lowest BCUT2D eigenvalue weighted by Crippen LogP contribution is -2.14. The van der Waals surface area contributed by atoms with Crippen molar-refractivity contribution >= 4 is 29.7 Å². The molecule has 2 nitrogen and oxygen atoms in total. The van der Waals surface area contributed by atoms with Crippen molar-refractivity contribution in [2.75, 3.05) is 25.7 Å². The molecule has 0 saturated carbocycles. The standard InChI is InChI=1S/C10H14ClFN2.ClH/c1-14(2)7-3-4-8(9(11)5-7)10(13)6-12;/h3-5,10H,6,13H2,1-2H3;1H/t10-;/m1./s1. The molecule has 0 unspecified atom stereocenters. The van der Waals surface area contributed by atoms with Gasteiger partial charge in [0.25, 0.3) is 0 Å². The van der Waals surface area contributed by atoms with Crippen LogP contribution in [0.5, 0.6) is 0 Å². The molecule has 0 aromatic heterocycles. The Hall–Kier alpha value is -0.510. The highest BCUT2D eigenvalue weighted by Crippen LogP contribution is 2.26. The van der Waals surface area contributed by atoms with Gasteiger partial charge in [0, 0.05) is 24.8 Å². The Morgan fingerprint density at radius 2 is 2.07 bits per heavy atom. The molecule has 0 bridgehead atoms. The van der Waals surface area contributed by atoms with Crippen LogP contribution in [-0.4, -0.2) is 20.8 Å². The highest BCUT2D eigenvalue weighted by Gasteiger charge is 2.10. The number of nitrogens with two attached hydrogens (primary N) is 1. The normalized spacial score (nSPS) is 11.8. The predicted octanol–water partition coefficient (Wildman–Crippen LogP) is 2.80. The molecule has 0 spiro atoms. The van der Waals surface area contributed by atoms with Crippen molar-refractivity contribution in [1.29, 1.82) is 0 Å². The summed E-state index contributed by atoms with van der Waals surface area (Å²) in [7, 11) is 3.83. The summed E-state index contributed by atoms with van der Waals surface area (Å²) in [4.78, 5) is 1.93. The Bertz CT molecular complexity index is 318. The lowest BCUT2D eigenvalue weighted by molar-refractivity contribution is 0.437. The maximum atomic E-state index is 12.3. The number of rotatable bonds is 3. The van der Waals surface area contributed by atoms with Gasteiger partial charge in [0.15, 0.2) is 0 Å². The van der Waals surface area contributed by atoms with E-state index in [-0.39, 0.29) is 12.4 Å². The fourth-order valence-electron chi connectivity index (χ4n) is 1.18. The first-order valence-corrected chi connectivity index (χ1v) is 4.72. The molecule has 0 radical (unpaired) electrons. The molecule has 0 aliphatic carbocycles. The van der Waals surface area contributed by atoms with E-state index in [1.807, 2.05) is 25.1 Å². The molecule has 0 saturated heterocycles. The maximum absolute atomic E-state index is 12.3. The maximum Gasteiger partial charge on any atom is 0.109 e. The van der Waals surface area contributed by atoms with Gasteiger partial charge in [-0.25, -0.2) is 4.39 Å². The molecule has 0 aliphatic rings. The fraction of sp³-hybridized carbons (Fsp3) is 0.400. The van der Waals surface area contributed by atoms with E-state index in [4.69, 9.17) is 17.3 Å². The van der Waals surface area contributed by atoms with E-state index in [0.29, 0.717) is 10.6 Å². The van der Waals surface area contributed by atoms with Crippen LogP contribution in [0.25, 0.3) is 0 Å². The Morgan fingerprint density at radius 3 is 2.47 bits per heavy atom. The average Bonchev–Trinajstić information content (AvgIpc) is 2.16. The number of halogens is 3. The molecule has 1 aromatic carbocycles. The lowest BCUT2D eigenvalue weighted by atomic mass is 10.1. The zero-order valence-electron chi connectivity index (χ0n) is 8.71. The van der Waals surface area contributed by atoms with Crippen LogP contribution in [0.15, 0.2) is 18.2 Å². The van der Waals surface area contributed by atoms with Gasteiger partial charge in [0.05, 0.1) is 6.04 Å². The minimum absolute atomic E-state index is 0. The van der Waals surface area contributed by atoms with Crippen molar-refractivity contribution in [3.8, 4) is 0 Å². The highest BCUT2D eigenvalue weighted by molar-refractivity contribution is 6.31. The Morgan fingerprint density at radius 1 is 1.47 bits per heavy atom. The summed E-state index contributed by atoms with van der Waals surface area (Å²) in [5.74, 6) is 0. The zero-order valence-corrected chi connectivity index (χ0v) is 10.3. The Balaban J connectivity index is 0.00000196. The molecule has 0 aliphatic heterocycles. The van der Waals surface area contributed by atoms with Gasteiger partial charge >= 0.3 is 0 Å². The third-order valence-electron chi connectivity index (χ3n) is 2.07. The molecule has 0 heterocycles. The molecule has 15 heavy (non-hydrogen) atoms. The zero-order chi connectivity index (χ0) is 10.7. The molecule has 1 atom stereocenters. The minimum Gasteiger partial charge on any atom is -0.378 e. The molecular weight excluding hydrogens is 238 g/mol. The first-order chi connectivity index (χ1) is 6.56. The van der Waals surface area contributed by atoms with Crippen molar-refractivity contribution in [1.82, 2.24) is 0 Å². The number of benzene rings is 1. The van der Waals surface area contributed by atoms with E-state index >= 15 is 0 Å². The van der Waals surface area contributed by atoms with Crippen LogP contribution in [0.4, 0.5) is 10.1 Å². The molecule has 2 N–H and O–H groups in total. The first kappa shape index (κ1) is 14.5. The third-order valence-corrected chi connectivity index (χ3v) is 2.39. The number of hydrogen-bond donors (Lipinski definition) is 1. The molecule has 0 amide bonds. The highest BCUT2D eigenvalue weighted by atomic mass is 35.5. The summed E-state index contributed by atoms with van der Waals surface area (Å²) in [5.41, 5.74) is 7.18. The monoisotopic (exact) mass is 252 g/mol. The molecule has 5 heteroatoms. The van der Waals surface area contributed by atoms with E-state index in [9.17, 15) is 4.39 Å².